The molecule has 0 aromatic carbocycles. The second-order valence-electron chi connectivity index (χ2n) is 4.40. The van der Waals surface area contributed by atoms with Crippen LogP contribution in [0.15, 0.2) is 0 Å². The van der Waals surface area contributed by atoms with Crippen LogP contribution >= 0.6 is 0 Å². The van der Waals surface area contributed by atoms with E-state index in [0.29, 0.717) is 6.42 Å². The van der Waals surface area contributed by atoms with Crippen molar-refractivity contribution in [3.63, 3.8) is 0 Å². The summed E-state index contributed by atoms with van der Waals surface area (Å²) in [7, 11) is -1.27. The van der Waals surface area contributed by atoms with E-state index in [-0.39, 0.29) is 23.5 Å². The zero-order chi connectivity index (χ0) is 11.7. The molecule has 1 aliphatic heterocycles. The lowest BCUT2D eigenvalue weighted by Crippen LogP contribution is -2.52. The Balaban J connectivity index is 2.63. The fourth-order valence-electron chi connectivity index (χ4n) is 1.65. The number of hydrogen-bond acceptors (Lipinski definition) is 4. The van der Waals surface area contributed by atoms with Gasteiger partial charge in [0.15, 0.2) is 9.84 Å². The number of amides is 1. The van der Waals surface area contributed by atoms with Gasteiger partial charge in [0.1, 0.15) is 0 Å². The Morgan fingerprint density at radius 3 is 2.47 bits per heavy atom. The predicted octanol–water partition coefficient (Wildman–Crippen LogP) is -0.712. The standard InChI is InChI=1S/C9H18N2O3S/c1-7(10-3)8(12)11-9(2)4-5-15(13,14)6-9/h7,10H,4-6H2,1-3H3,(H,11,12). The Hall–Kier alpha value is -0.620. The molecule has 2 atom stereocenters. The molecular formula is C9H18N2O3S. The van der Waals surface area contributed by atoms with Crippen LogP contribution in [0.3, 0.4) is 0 Å². The first-order chi connectivity index (χ1) is 6.78. The van der Waals surface area contributed by atoms with Crippen molar-refractivity contribution >= 4 is 15.7 Å². The highest BCUT2D eigenvalue weighted by atomic mass is 32.2. The van der Waals surface area contributed by atoms with Crippen LogP contribution in [0.2, 0.25) is 0 Å². The van der Waals surface area contributed by atoms with Gasteiger partial charge < -0.3 is 10.6 Å². The van der Waals surface area contributed by atoms with Crippen molar-refractivity contribution in [2.45, 2.75) is 31.8 Å². The summed E-state index contributed by atoms with van der Waals surface area (Å²) in [6, 6.07) is -0.301. The molecule has 0 aromatic rings. The highest BCUT2D eigenvalue weighted by molar-refractivity contribution is 7.91. The first kappa shape index (κ1) is 12.4. The fourth-order valence-corrected chi connectivity index (χ4v) is 3.74. The number of likely N-dealkylation sites (N-methyl/N-ethyl adjacent to an activating group) is 1. The molecule has 1 aliphatic rings. The van der Waals surface area contributed by atoms with Gasteiger partial charge in [0.05, 0.1) is 23.1 Å². The van der Waals surface area contributed by atoms with Crippen LogP contribution in [0, 0.1) is 0 Å². The van der Waals surface area contributed by atoms with E-state index in [2.05, 4.69) is 10.6 Å². The SMILES string of the molecule is CNC(C)C(=O)NC1(C)CCS(=O)(=O)C1. The zero-order valence-electron chi connectivity index (χ0n) is 9.33. The Morgan fingerprint density at radius 2 is 2.07 bits per heavy atom. The molecule has 5 nitrogen and oxygen atoms in total. The summed E-state index contributed by atoms with van der Waals surface area (Å²) in [6.07, 6.45) is 0.498. The normalized spacial score (nSPS) is 31.1. The first-order valence-corrected chi connectivity index (χ1v) is 6.80. The van der Waals surface area contributed by atoms with Gasteiger partial charge in [-0.2, -0.15) is 0 Å². The lowest BCUT2D eigenvalue weighted by Gasteiger charge is -2.25. The molecule has 0 aliphatic carbocycles. The third-order valence-corrected chi connectivity index (χ3v) is 4.66. The molecule has 2 unspecified atom stereocenters. The molecule has 1 fully saturated rings. The van der Waals surface area contributed by atoms with Crippen molar-refractivity contribution in [3.8, 4) is 0 Å². The number of carbonyl (C=O) groups is 1. The number of nitrogens with one attached hydrogen (secondary N) is 2. The number of hydrogen-bond donors (Lipinski definition) is 2. The summed E-state index contributed by atoms with van der Waals surface area (Å²) in [5.41, 5.74) is -0.596. The Kier molecular flexibility index (Phi) is 3.40. The van der Waals surface area contributed by atoms with E-state index in [1.807, 2.05) is 0 Å². The van der Waals surface area contributed by atoms with Crippen molar-refractivity contribution in [1.82, 2.24) is 10.6 Å². The monoisotopic (exact) mass is 234 g/mol. The molecule has 1 heterocycles. The Morgan fingerprint density at radius 1 is 1.47 bits per heavy atom. The molecule has 88 valence electrons. The van der Waals surface area contributed by atoms with Crippen molar-refractivity contribution in [2.24, 2.45) is 0 Å². The molecule has 1 saturated heterocycles. The van der Waals surface area contributed by atoms with Gasteiger partial charge in [-0.05, 0) is 27.3 Å². The van der Waals surface area contributed by atoms with Gasteiger partial charge >= 0.3 is 0 Å². The van der Waals surface area contributed by atoms with E-state index >= 15 is 0 Å². The van der Waals surface area contributed by atoms with Gasteiger partial charge in [-0.1, -0.05) is 0 Å². The lowest BCUT2D eigenvalue weighted by molar-refractivity contribution is -0.124. The van der Waals surface area contributed by atoms with Crippen LogP contribution in [0.25, 0.3) is 0 Å². The molecule has 1 amide bonds. The van der Waals surface area contributed by atoms with Gasteiger partial charge in [0.2, 0.25) is 5.91 Å². The number of sulfone groups is 1. The second kappa shape index (κ2) is 4.09. The second-order valence-corrected chi connectivity index (χ2v) is 6.59. The van der Waals surface area contributed by atoms with Gasteiger partial charge in [-0.15, -0.1) is 0 Å². The highest BCUT2D eigenvalue weighted by Crippen LogP contribution is 2.22. The first-order valence-electron chi connectivity index (χ1n) is 4.98. The maximum absolute atomic E-state index is 11.6. The average Bonchev–Trinajstić information content (AvgIpc) is 2.39. The number of rotatable bonds is 3. The van der Waals surface area contributed by atoms with Gasteiger partial charge in [0, 0.05) is 0 Å². The number of carbonyl (C=O) groups excluding carboxylic acids is 1. The third kappa shape index (κ3) is 3.17. The van der Waals surface area contributed by atoms with Crippen LogP contribution in [-0.2, 0) is 14.6 Å². The van der Waals surface area contributed by atoms with E-state index in [0.717, 1.165) is 0 Å². The van der Waals surface area contributed by atoms with E-state index in [9.17, 15) is 13.2 Å². The average molecular weight is 234 g/mol. The molecular weight excluding hydrogens is 216 g/mol. The van der Waals surface area contributed by atoms with E-state index in [1.54, 1.807) is 20.9 Å². The topological polar surface area (TPSA) is 75.3 Å². The maximum atomic E-state index is 11.6. The minimum Gasteiger partial charge on any atom is -0.349 e. The van der Waals surface area contributed by atoms with Gasteiger partial charge in [-0.25, -0.2) is 8.42 Å². The largest absolute Gasteiger partial charge is 0.349 e. The summed E-state index contributed by atoms with van der Waals surface area (Å²) in [6.45, 7) is 3.51. The van der Waals surface area contributed by atoms with E-state index < -0.39 is 15.4 Å². The quantitative estimate of drug-likeness (QED) is 0.676. The molecule has 0 aromatic heterocycles. The minimum atomic E-state index is -2.97. The molecule has 0 spiro atoms. The van der Waals surface area contributed by atoms with Crippen molar-refractivity contribution in [2.75, 3.05) is 18.6 Å². The summed E-state index contributed by atoms with van der Waals surface area (Å²) >= 11 is 0. The maximum Gasteiger partial charge on any atom is 0.237 e. The van der Waals surface area contributed by atoms with Crippen LogP contribution in [0.1, 0.15) is 20.3 Å². The smallest absolute Gasteiger partial charge is 0.237 e. The summed E-state index contributed by atoms with van der Waals surface area (Å²) < 4.78 is 22.6. The molecule has 0 saturated carbocycles. The van der Waals surface area contributed by atoms with E-state index in [4.69, 9.17) is 0 Å². The predicted molar refractivity (Wildman–Crippen MR) is 58.3 cm³/mol. The summed E-state index contributed by atoms with van der Waals surface area (Å²) in [5, 5.41) is 5.60. The highest BCUT2D eigenvalue weighted by Gasteiger charge is 2.39. The Bertz CT molecular complexity index is 352. The summed E-state index contributed by atoms with van der Waals surface area (Å²) in [5.74, 6) is 0.0528. The van der Waals surface area contributed by atoms with Crippen LogP contribution in [0.5, 0.6) is 0 Å². The lowest BCUT2D eigenvalue weighted by atomic mass is 10.0. The Labute approximate surface area is 90.5 Å². The van der Waals surface area contributed by atoms with Crippen molar-refractivity contribution in [1.29, 1.82) is 0 Å². The molecule has 0 radical (unpaired) electrons. The summed E-state index contributed by atoms with van der Waals surface area (Å²) in [4.78, 5) is 11.6. The van der Waals surface area contributed by atoms with Crippen LogP contribution < -0.4 is 10.6 Å². The fraction of sp³-hybridized carbons (Fsp3) is 0.889. The molecule has 0 bridgehead atoms. The molecule has 1 rings (SSSR count). The van der Waals surface area contributed by atoms with Crippen molar-refractivity contribution < 1.29 is 13.2 Å². The van der Waals surface area contributed by atoms with Crippen LogP contribution in [0.4, 0.5) is 0 Å². The minimum absolute atomic E-state index is 0.0438. The zero-order valence-corrected chi connectivity index (χ0v) is 10.1. The van der Waals surface area contributed by atoms with E-state index in [1.165, 1.54) is 0 Å². The van der Waals surface area contributed by atoms with Crippen LogP contribution in [-0.4, -0.2) is 44.5 Å². The molecule has 6 heteroatoms. The van der Waals surface area contributed by atoms with Crippen molar-refractivity contribution in [3.05, 3.63) is 0 Å². The molecule has 2 N–H and O–H groups in total. The third-order valence-electron chi connectivity index (χ3n) is 2.75. The molecule has 15 heavy (non-hydrogen) atoms. The van der Waals surface area contributed by atoms with Gasteiger partial charge in [0.25, 0.3) is 0 Å². The van der Waals surface area contributed by atoms with Gasteiger partial charge in [-0.3, -0.25) is 4.79 Å².